The Hall–Kier alpha value is -2.53. The lowest BCUT2D eigenvalue weighted by atomic mass is 10.1. The first-order chi connectivity index (χ1) is 12.0. The highest BCUT2D eigenvalue weighted by Crippen LogP contribution is 2.35. The Morgan fingerprint density at radius 2 is 1.72 bits per heavy atom. The number of benzene rings is 1. The summed E-state index contributed by atoms with van der Waals surface area (Å²) in [7, 11) is 0. The molecule has 0 saturated carbocycles. The molecule has 0 saturated heterocycles. The van der Waals surface area contributed by atoms with Gasteiger partial charge in [-0.3, -0.25) is 0 Å². The van der Waals surface area contributed by atoms with E-state index in [1.807, 2.05) is 62.6 Å². The van der Waals surface area contributed by atoms with Crippen LogP contribution in [0, 0.1) is 20.8 Å². The molecule has 130 valence electrons. The second kappa shape index (κ2) is 7.15. The standard InChI is InChI=1S/C20H23N3OS/c1-13-7-9-17(10-8-13)22-20(24)21-15(3)18-14(2)16(4)25-19(18)23-11-5-6-12-23/h5-12,15H,1-4H3,(H2,21,22,24). The maximum atomic E-state index is 12.4. The number of aromatic nitrogens is 1. The lowest BCUT2D eigenvalue weighted by Crippen LogP contribution is -2.31. The maximum Gasteiger partial charge on any atom is 0.319 e. The Morgan fingerprint density at radius 3 is 2.36 bits per heavy atom. The van der Waals surface area contributed by atoms with Gasteiger partial charge in [0.1, 0.15) is 5.00 Å². The molecule has 0 aliphatic rings. The zero-order valence-corrected chi connectivity index (χ0v) is 15.8. The minimum Gasteiger partial charge on any atom is -0.331 e. The summed E-state index contributed by atoms with van der Waals surface area (Å²) >= 11 is 1.75. The number of aryl methyl sites for hydroxylation is 2. The van der Waals surface area contributed by atoms with Crippen LogP contribution >= 0.6 is 11.3 Å². The van der Waals surface area contributed by atoms with Gasteiger partial charge in [-0.05, 0) is 57.5 Å². The number of rotatable bonds is 4. The molecular weight excluding hydrogens is 330 g/mol. The molecule has 4 nitrogen and oxygen atoms in total. The van der Waals surface area contributed by atoms with Gasteiger partial charge in [0.05, 0.1) is 6.04 Å². The quantitative estimate of drug-likeness (QED) is 0.653. The summed E-state index contributed by atoms with van der Waals surface area (Å²) in [6, 6.07) is 11.5. The normalized spacial score (nSPS) is 12.0. The summed E-state index contributed by atoms with van der Waals surface area (Å²) in [5.74, 6) is 0. The summed E-state index contributed by atoms with van der Waals surface area (Å²) in [5.41, 5.74) is 4.36. The van der Waals surface area contributed by atoms with Crippen LogP contribution in [0.3, 0.4) is 0 Å². The zero-order chi connectivity index (χ0) is 18.0. The van der Waals surface area contributed by atoms with Crippen LogP contribution in [0.4, 0.5) is 10.5 Å². The monoisotopic (exact) mass is 353 g/mol. The summed E-state index contributed by atoms with van der Waals surface area (Å²) < 4.78 is 2.11. The molecule has 0 aliphatic heterocycles. The summed E-state index contributed by atoms with van der Waals surface area (Å²) in [6.07, 6.45) is 4.07. The van der Waals surface area contributed by atoms with Gasteiger partial charge in [0.15, 0.2) is 0 Å². The molecule has 5 heteroatoms. The lowest BCUT2D eigenvalue weighted by Gasteiger charge is -2.17. The van der Waals surface area contributed by atoms with Crippen molar-refractivity contribution in [3.8, 4) is 5.00 Å². The van der Waals surface area contributed by atoms with Gasteiger partial charge in [-0.15, -0.1) is 11.3 Å². The van der Waals surface area contributed by atoms with Crippen LogP contribution in [-0.4, -0.2) is 10.6 Å². The van der Waals surface area contributed by atoms with Crippen molar-refractivity contribution >= 4 is 23.1 Å². The molecule has 25 heavy (non-hydrogen) atoms. The number of carbonyl (C=O) groups is 1. The van der Waals surface area contributed by atoms with E-state index in [4.69, 9.17) is 0 Å². The molecule has 1 aromatic carbocycles. The number of hydrogen-bond donors (Lipinski definition) is 2. The van der Waals surface area contributed by atoms with Crippen molar-refractivity contribution < 1.29 is 4.79 Å². The summed E-state index contributed by atoms with van der Waals surface area (Å²) in [5, 5.41) is 7.11. The molecule has 0 bridgehead atoms. The van der Waals surface area contributed by atoms with Crippen LogP contribution in [0.25, 0.3) is 5.00 Å². The van der Waals surface area contributed by atoms with E-state index in [0.717, 1.165) is 16.3 Å². The molecule has 2 N–H and O–H groups in total. The fraction of sp³-hybridized carbons (Fsp3) is 0.250. The number of thiophene rings is 1. The molecule has 1 atom stereocenters. The van der Waals surface area contributed by atoms with E-state index >= 15 is 0 Å². The van der Waals surface area contributed by atoms with Crippen LogP contribution in [0.5, 0.6) is 0 Å². The fourth-order valence-electron chi connectivity index (χ4n) is 2.87. The first-order valence-corrected chi connectivity index (χ1v) is 9.14. The third-order valence-corrected chi connectivity index (χ3v) is 5.58. The Morgan fingerprint density at radius 1 is 1.08 bits per heavy atom. The first-order valence-electron chi connectivity index (χ1n) is 8.33. The highest BCUT2D eigenvalue weighted by Gasteiger charge is 2.20. The van der Waals surface area contributed by atoms with E-state index in [1.54, 1.807) is 11.3 Å². The molecule has 2 aromatic heterocycles. The van der Waals surface area contributed by atoms with Gasteiger partial charge in [0.2, 0.25) is 0 Å². The van der Waals surface area contributed by atoms with Gasteiger partial charge in [-0.25, -0.2) is 4.79 Å². The molecule has 0 radical (unpaired) electrons. The second-order valence-corrected chi connectivity index (χ2v) is 7.48. The van der Waals surface area contributed by atoms with Crippen molar-refractivity contribution in [3.05, 3.63) is 70.4 Å². The third kappa shape index (κ3) is 3.77. The number of anilines is 1. The molecule has 2 heterocycles. The minimum atomic E-state index is -0.196. The minimum absolute atomic E-state index is 0.0900. The topological polar surface area (TPSA) is 46.1 Å². The van der Waals surface area contributed by atoms with Crippen LogP contribution in [0.15, 0.2) is 48.8 Å². The maximum absolute atomic E-state index is 12.4. The molecule has 3 rings (SSSR count). The number of amides is 2. The molecular formula is C20H23N3OS. The first kappa shape index (κ1) is 17.3. The Labute approximate surface area is 152 Å². The fourth-order valence-corrected chi connectivity index (χ4v) is 4.09. The van der Waals surface area contributed by atoms with Crippen LogP contribution in [0.1, 0.15) is 34.5 Å². The van der Waals surface area contributed by atoms with Crippen LogP contribution < -0.4 is 10.6 Å². The Balaban J connectivity index is 1.78. The van der Waals surface area contributed by atoms with Crippen molar-refractivity contribution in [2.45, 2.75) is 33.7 Å². The smallest absolute Gasteiger partial charge is 0.319 e. The number of nitrogens with zero attached hydrogens (tertiary/aromatic N) is 1. The zero-order valence-electron chi connectivity index (χ0n) is 15.0. The van der Waals surface area contributed by atoms with Crippen molar-refractivity contribution in [1.29, 1.82) is 0 Å². The van der Waals surface area contributed by atoms with E-state index in [-0.39, 0.29) is 12.1 Å². The Kier molecular flexibility index (Phi) is 4.95. The van der Waals surface area contributed by atoms with Gasteiger partial charge in [-0.2, -0.15) is 0 Å². The van der Waals surface area contributed by atoms with Gasteiger partial charge in [0, 0.05) is 28.5 Å². The van der Waals surface area contributed by atoms with E-state index in [9.17, 15) is 4.79 Å². The van der Waals surface area contributed by atoms with Gasteiger partial charge in [0.25, 0.3) is 0 Å². The molecule has 0 spiro atoms. The third-order valence-electron chi connectivity index (χ3n) is 4.34. The number of nitrogens with one attached hydrogen (secondary N) is 2. The average molecular weight is 353 g/mol. The van der Waals surface area contributed by atoms with E-state index < -0.39 is 0 Å². The summed E-state index contributed by atoms with van der Waals surface area (Å²) in [6.45, 7) is 8.28. The number of carbonyl (C=O) groups excluding carboxylic acids is 1. The van der Waals surface area contributed by atoms with Crippen molar-refractivity contribution in [2.75, 3.05) is 5.32 Å². The highest BCUT2D eigenvalue weighted by molar-refractivity contribution is 7.14. The van der Waals surface area contributed by atoms with Crippen molar-refractivity contribution in [3.63, 3.8) is 0 Å². The lowest BCUT2D eigenvalue weighted by molar-refractivity contribution is 0.249. The van der Waals surface area contributed by atoms with Gasteiger partial charge >= 0.3 is 6.03 Å². The van der Waals surface area contributed by atoms with Crippen molar-refractivity contribution in [1.82, 2.24) is 9.88 Å². The molecule has 2 amide bonds. The summed E-state index contributed by atoms with van der Waals surface area (Å²) in [4.78, 5) is 13.6. The van der Waals surface area contributed by atoms with Crippen LogP contribution in [0.2, 0.25) is 0 Å². The van der Waals surface area contributed by atoms with E-state index in [0.29, 0.717) is 0 Å². The Bertz CT molecular complexity index is 863. The second-order valence-electron chi connectivity index (χ2n) is 6.28. The molecule has 0 aliphatic carbocycles. The predicted molar refractivity (Wildman–Crippen MR) is 105 cm³/mol. The highest BCUT2D eigenvalue weighted by atomic mass is 32.1. The van der Waals surface area contributed by atoms with E-state index in [2.05, 4.69) is 29.0 Å². The molecule has 1 unspecified atom stereocenters. The molecule has 3 aromatic rings. The largest absolute Gasteiger partial charge is 0.331 e. The van der Waals surface area contributed by atoms with Crippen molar-refractivity contribution in [2.24, 2.45) is 0 Å². The van der Waals surface area contributed by atoms with Crippen LogP contribution in [-0.2, 0) is 0 Å². The van der Waals surface area contributed by atoms with Gasteiger partial charge in [-0.1, -0.05) is 17.7 Å². The van der Waals surface area contributed by atoms with E-state index in [1.165, 1.54) is 16.0 Å². The number of urea groups is 1. The SMILES string of the molecule is Cc1ccc(NC(=O)NC(C)c2c(-n3cccc3)sc(C)c2C)cc1. The number of hydrogen-bond acceptors (Lipinski definition) is 2. The average Bonchev–Trinajstić information content (AvgIpc) is 3.18. The molecule has 0 fully saturated rings. The van der Waals surface area contributed by atoms with Gasteiger partial charge < -0.3 is 15.2 Å². The predicted octanol–water partition coefficient (Wildman–Crippen LogP) is 5.35.